The molecule has 1 heterocycles. The van der Waals surface area contributed by atoms with Gasteiger partial charge in [0.2, 0.25) is 17.7 Å². The van der Waals surface area contributed by atoms with Crippen LogP contribution >= 0.6 is 11.8 Å². The highest BCUT2D eigenvalue weighted by atomic mass is 32.2. The Labute approximate surface area is 419 Å². The summed E-state index contributed by atoms with van der Waals surface area (Å²) >= 11 is 1.35. The second kappa shape index (κ2) is 22.6. The quantitative estimate of drug-likeness (QED) is 0.113. The number of fused-ring (bicyclic) bond motifs is 7. The molecule has 7 rings (SSSR count). The number of carboxylic acid groups (broad SMARTS) is 1. The van der Waals surface area contributed by atoms with Gasteiger partial charge >= 0.3 is 12.1 Å². The molecule has 13 atom stereocenters. The lowest BCUT2D eigenvalue weighted by Crippen LogP contribution is -2.70. The Balaban J connectivity index is 0.00000275. The van der Waals surface area contributed by atoms with Crippen LogP contribution in [0.25, 0.3) is 0 Å². The average Bonchev–Trinajstić information content (AvgIpc) is 3.85. The van der Waals surface area contributed by atoms with Gasteiger partial charge in [-0.15, -0.1) is 0 Å². The summed E-state index contributed by atoms with van der Waals surface area (Å²) in [5.41, 5.74) is -4.11. The van der Waals surface area contributed by atoms with E-state index in [1.807, 2.05) is 24.3 Å². The second-order valence-electron chi connectivity index (χ2n) is 19.7. The Morgan fingerprint density at radius 2 is 1.58 bits per heavy atom. The maximum absolute atomic E-state index is 17.8. The standard InChI is InChI=1S/C51H61F2N3O12S.CO2/c1-27(20-39(59)38(14-15-44(63)64)56-43(62)17-19-54-46(66)28(2)69-5)45(65)55-32-12-8-30(9-13-32)21-29-6-10-31(11-7-29)47-67-42-24-34-35-23-37(52)36-22-33(58)16-18-48(36,3)50(35,53)40(60)25-49(34,4)51(42,68-47)41(61)26-57;2-1-3/h6-13,16,18,22,27-28,34-35,37-38,40,42,47,57,60H,14-15,17,19-21,23-26H2,1-5H3,(H,54,66)(H,55,65)(H,56,62)(H,63,64);/t27-,28?,34+,35+,37+,38+,40+,42-,47-,48+,49+,50+,51-;/m1./s1. The number of allylic oxidation sites excluding steroid dienone is 4. The van der Waals surface area contributed by atoms with Crippen molar-refractivity contribution in [3.05, 3.63) is 89.0 Å². The van der Waals surface area contributed by atoms with Gasteiger partial charge in [-0.1, -0.05) is 56.3 Å². The maximum atomic E-state index is 17.8. The summed E-state index contributed by atoms with van der Waals surface area (Å²) in [6.07, 6.45) is -0.397. The van der Waals surface area contributed by atoms with E-state index in [-0.39, 0.29) is 74.4 Å². The van der Waals surface area contributed by atoms with E-state index in [0.717, 1.165) is 17.2 Å². The summed E-state index contributed by atoms with van der Waals surface area (Å²) < 4.78 is 46.8. The maximum Gasteiger partial charge on any atom is 0.373 e. The molecule has 5 aliphatic rings. The number of aliphatic carboxylic acids is 1. The van der Waals surface area contributed by atoms with Gasteiger partial charge in [0.1, 0.15) is 12.8 Å². The molecule has 2 aromatic carbocycles. The zero-order valence-corrected chi connectivity index (χ0v) is 41.4. The average molecular weight is 1020 g/mol. The molecule has 3 amide bonds. The zero-order valence-electron chi connectivity index (χ0n) is 40.6. The van der Waals surface area contributed by atoms with E-state index in [9.17, 15) is 48.9 Å². The van der Waals surface area contributed by atoms with E-state index in [2.05, 4.69) is 16.0 Å². The highest BCUT2D eigenvalue weighted by Gasteiger charge is 2.80. The molecule has 2 aromatic rings. The van der Waals surface area contributed by atoms with Gasteiger partial charge in [-0.3, -0.25) is 33.6 Å². The van der Waals surface area contributed by atoms with Crippen molar-refractivity contribution < 1.29 is 76.7 Å². The first-order chi connectivity index (χ1) is 34.0. The highest BCUT2D eigenvalue weighted by Crippen LogP contribution is 2.72. The molecular formula is C52H61F2N3O14S. The number of benzene rings is 2. The summed E-state index contributed by atoms with van der Waals surface area (Å²) in [6.45, 7) is 5.67. The number of anilines is 1. The lowest BCUT2D eigenvalue weighted by atomic mass is 9.44. The number of halogens is 2. The van der Waals surface area contributed by atoms with Crippen LogP contribution in [0.15, 0.2) is 72.3 Å². The topological polar surface area (TPSA) is 269 Å². The third-order valence-corrected chi connectivity index (χ3v) is 16.4. The molecule has 0 radical (unpaired) electrons. The number of rotatable bonds is 19. The molecule has 1 aliphatic heterocycles. The molecule has 388 valence electrons. The van der Waals surface area contributed by atoms with Crippen molar-refractivity contribution in [1.82, 2.24) is 10.6 Å². The van der Waals surface area contributed by atoms with Crippen molar-refractivity contribution in [1.29, 1.82) is 0 Å². The molecule has 6 N–H and O–H groups in total. The van der Waals surface area contributed by atoms with Crippen LogP contribution in [0.4, 0.5) is 14.5 Å². The molecule has 0 aromatic heterocycles. The minimum Gasteiger partial charge on any atom is -0.481 e. The van der Waals surface area contributed by atoms with E-state index in [4.69, 9.17) is 19.1 Å². The number of ether oxygens (including phenoxy) is 2. The second-order valence-corrected chi connectivity index (χ2v) is 20.9. The van der Waals surface area contributed by atoms with Crippen LogP contribution in [0.3, 0.4) is 0 Å². The summed E-state index contributed by atoms with van der Waals surface area (Å²) in [6, 6.07) is 13.3. The Bertz CT molecular complexity index is 2520. The molecule has 4 fully saturated rings. The molecule has 1 unspecified atom stereocenters. The molecule has 4 aliphatic carbocycles. The largest absolute Gasteiger partial charge is 0.481 e. The predicted molar refractivity (Wildman–Crippen MR) is 255 cm³/mol. The first kappa shape index (κ1) is 55.6. The van der Waals surface area contributed by atoms with Gasteiger partial charge < -0.3 is 40.7 Å². The number of amides is 3. The summed E-state index contributed by atoms with van der Waals surface area (Å²) in [5, 5.41) is 39.0. The number of Topliss-reactive ketones (excluding diaryl/α,β-unsaturated/α-hetero) is 2. The molecular weight excluding hydrogens is 961 g/mol. The van der Waals surface area contributed by atoms with Gasteiger partial charge in [-0.25, -0.2) is 8.78 Å². The number of ketones is 3. The van der Waals surface area contributed by atoms with Crippen LogP contribution in [0.1, 0.15) is 95.6 Å². The molecule has 72 heavy (non-hydrogen) atoms. The molecule has 20 heteroatoms. The zero-order chi connectivity index (χ0) is 52.9. The number of thioether (sulfide) groups is 1. The van der Waals surface area contributed by atoms with Crippen molar-refractivity contribution >= 4 is 64.6 Å². The number of aliphatic hydroxyl groups is 2. The van der Waals surface area contributed by atoms with E-state index in [1.165, 1.54) is 30.8 Å². The number of aliphatic hydroxyl groups excluding tert-OH is 2. The Hall–Kier alpha value is -5.76. The van der Waals surface area contributed by atoms with Crippen LogP contribution in [-0.4, -0.2) is 123 Å². The normalized spacial score (nSPS) is 31.0. The van der Waals surface area contributed by atoms with E-state index >= 15 is 8.78 Å². The van der Waals surface area contributed by atoms with E-state index in [0.29, 0.717) is 17.7 Å². The van der Waals surface area contributed by atoms with Crippen molar-refractivity contribution in [3.8, 4) is 0 Å². The van der Waals surface area contributed by atoms with Crippen molar-refractivity contribution in [2.45, 2.75) is 126 Å². The van der Waals surface area contributed by atoms with Crippen LogP contribution in [0.2, 0.25) is 0 Å². The summed E-state index contributed by atoms with van der Waals surface area (Å²) in [7, 11) is 0. The number of hydrogen-bond acceptors (Lipinski definition) is 14. The Morgan fingerprint density at radius 1 is 0.944 bits per heavy atom. The number of carbonyl (C=O) groups excluding carboxylic acids is 8. The van der Waals surface area contributed by atoms with Gasteiger partial charge in [0.25, 0.3) is 0 Å². The predicted octanol–water partition coefficient (Wildman–Crippen LogP) is 4.48. The fraction of sp³-hybridized carbons (Fsp3) is 0.538. The molecule has 1 saturated heterocycles. The lowest BCUT2D eigenvalue weighted by molar-refractivity contribution is -0.235. The smallest absolute Gasteiger partial charge is 0.373 e. The van der Waals surface area contributed by atoms with Crippen LogP contribution < -0.4 is 16.0 Å². The first-order valence-corrected chi connectivity index (χ1v) is 25.1. The Kier molecular flexibility index (Phi) is 17.4. The van der Waals surface area contributed by atoms with Crippen molar-refractivity contribution in [3.63, 3.8) is 0 Å². The third kappa shape index (κ3) is 10.7. The molecule has 17 nitrogen and oxygen atoms in total. The molecule has 0 bridgehead atoms. The minimum atomic E-state index is -2.36. The summed E-state index contributed by atoms with van der Waals surface area (Å²) in [5.74, 6) is -6.53. The van der Waals surface area contributed by atoms with E-state index < -0.39 is 112 Å². The first-order valence-electron chi connectivity index (χ1n) is 23.8. The van der Waals surface area contributed by atoms with Crippen LogP contribution in [0.5, 0.6) is 0 Å². The van der Waals surface area contributed by atoms with Crippen molar-refractivity contribution in [2.24, 2.45) is 28.6 Å². The highest BCUT2D eigenvalue weighted by molar-refractivity contribution is 7.99. The minimum absolute atomic E-state index is 0.00327. The van der Waals surface area contributed by atoms with Gasteiger partial charge in [0.15, 0.2) is 34.9 Å². The summed E-state index contributed by atoms with van der Waals surface area (Å²) in [4.78, 5) is 105. The number of alkyl halides is 2. The van der Waals surface area contributed by atoms with Gasteiger partial charge in [0, 0.05) is 59.7 Å². The lowest BCUT2D eigenvalue weighted by Gasteiger charge is -2.63. The van der Waals surface area contributed by atoms with Crippen molar-refractivity contribution in [2.75, 3.05) is 24.7 Å². The number of hydrogen-bond donors (Lipinski definition) is 6. The van der Waals surface area contributed by atoms with Crippen LogP contribution in [0, 0.1) is 28.6 Å². The van der Waals surface area contributed by atoms with Gasteiger partial charge in [0.05, 0.1) is 23.5 Å². The number of nitrogens with one attached hydrogen (secondary N) is 3. The Morgan fingerprint density at radius 3 is 2.19 bits per heavy atom. The monoisotopic (exact) mass is 1020 g/mol. The molecule has 3 saturated carbocycles. The number of carbonyl (C=O) groups is 7. The van der Waals surface area contributed by atoms with E-state index in [1.54, 1.807) is 51.3 Å². The number of carboxylic acids is 1. The fourth-order valence-electron chi connectivity index (χ4n) is 11.6. The fourth-order valence-corrected chi connectivity index (χ4v) is 11.9. The van der Waals surface area contributed by atoms with Crippen LogP contribution in [-0.2, 0) is 59.0 Å². The van der Waals surface area contributed by atoms with Gasteiger partial charge in [-0.2, -0.15) is 21.4 Å². The SMILES string of the molecule is CSC(C)C(=O)NCCC(=O)N[C@@H](CCC(=O)O)C(=O)C[C@@H](C)C(=O)Nc1ccc(Cc2ccc([C@@H]3O[C@@H]4C[C@H]5[C@@H]6C[C@H](F)C7=CC(=O)C=C[C@]7(C)[C@@]6(F)[C@@H](O)C[C@]5(C)[C@]4(C(=O)CO)O3)cc2)cc1.O=C=O. The molecule has 0 spiro atoms. The van der Waals surface area contributed by atoms with Gasteiger partial charge in [-0.05, 0) is 99.1 Å². The third-order valence-electron chi connectivity index (χ3n) is 15.5.